The standard InChI is InChI=1S/C14H22N2O2/c1-16(2)13(14(15)7-8-14)10-5-6-11(17-3)12(9-10)18-4/h5-6,9,13H,7-8,15H2,1-4H3. The molecule has 1 aromatic rings. The number of methoxy groups -OCH3 is 2. The first-order valence-electron chi connectivity index (χ1n) is 6.19. The minimum absolute atomic E-state index is 0.0941. The Morgan fingerprint density at radius 1 is 1.17 bits per heavy atom. The molecule has 0 saturated heterocycles. The van der Waals surface area contributed by atoms with Crippen LogP contribution < -0.4 is 15.2 Å². The van der Waals surface area contributed by atoms with Gasteiger partial charge in [0.2, 0.25) is 0 Å². The summed E-state index contributed by atoms with van der Waals surface area (Å²) in [5.74, 6) is 1.51. The highest BCUT2D eigenvalue weighted by atomic mass is 16.5. The van der Waals surface area contributed by atoms with Gasteiger partial charge in [0, 0.05) is 5.54 Å². The molecule has 0 aromatic heterocycles. The van der Waals surface area contributed by atoms with E-state index in [0.29, 0.717) is 0 Å². The molecule has 0 aliphatic heterocycles. The predicted molar refractivity (Wildman–Crippen MR) is 72.1 cm³/mol. The minimum Gasteiger partial charge on any atom is -0.493 e. The van der Waals surface area contributed by atoms with E-state index in [4.69, 9.17) is 15.2 Å². The molecule has 18 heavy (non-hydrogen) atoms. The van der Waals surface area contributed by atoms with Gasteiger partial charge in [0.1, 0.15) is 0 Å². The lowest BCUT2D eigenvalue weighted by Gasteiger charge is -2.31. The van der Waals surface area contributed by atoms with Crippen molar-refractivity contribution in [1.82, 2.24) is 4.90 Å². The molecule has 1 saturated carbocycles. The van der Waals surface area contributed by atoms with Crippen LogP contribution >= 0.6 is 0 Å². The van der Waals surface area contributed by atoms with E-state index in [-0.39, 0.29) is 11.6 Å². The van der Waals surface area contributed by atoms with Crippen LogP contribution in [0.15, 0.2) is 18.2 Å². The van der Waals surface area contributed by atoms with Gasteiger partial charge in [-0.1, -0.05) is 6.07 Å². The zero-order valence-corrected chi connectivity index (χ0v) is 11.6. The van der Waals surface area contributed by atoms with Crippen molar-refractivity contribution in [3.8, 4) is 11.5 Å². The summed E-state index contributed by atoms with van der Waals surface area (Å²) in [5, 5.41) is 0. The molecule has 100 valence electrons. The molecule has 1 fully saturated rings. The van der Waals surface area contributed by atoms with Crippen molar-refractivity contribution in [2.75, 3.05) is 28.3 Å². The highest BCUT2D eigenvalue weighted by molar-refractivity contribution is 5.45. The number of rotatable bonds is 5. The van der Waals surface area contributed by atoms with E-state index in [1.165, 1.54) is 5.56 Å². The zero-order valence-electron chi connectivity index (χ0n) is 11.6. The summed E-state index contributed by atoms with van der Waals surface area (Å²) in [5.41, 5.74) is 7.46. The Hall–Kier alpha value is -1.26. The van der Waals surface area contributed by atoms with Crippen molar-refractivity contribution < 1.29 is 9.47 Å². The second kappa shape index (κ2) is 4.78. The summed E-state index contributed by atoms with van der Waals surface area (Å²) in [6, 6.07) is 6.25. The molecule has 0 radical (unpaired) electrons. The first-order valence-corrected chi connectivity index (χ1v) is 6.19. The predicted octanol–water partition coefficient (Wildman–Crippen LogP) is 1.80. The Morgan fingerprint density at radius 2 is 1.78 bits per heavy atom. The van der Waals surface area contributed by atoms with E-state index in [2.05, 4.69) is 25.1 Å². The molecule has 2 rings (SSSR count). The largest absolute Gasteiger partial charge is 0.493 e. The average Bonchev–Trinajstić information content (AvgIpc) is 3.07. The molecule has 0 bridgehead atoms. The van der Waals surface area contributed by atoms with E-state index in [9.17, 15) is 0 Å². The molecule has 1 aliphatic rings. The van der Waals surface area contributed by atoms with Gasteiger partial charge in [-0.25, -0.2) is 0 Å². The maximum atomic E-state index is 6.37. The van der Waals surface area contributed by atoms with Crippen LogP contribution in [-0.4, -0.2) is 38.8 Å². The number of likely N-dealkylation sites (N-methyl/N-ethyl adjacent to an activating group) is 1. The number of ether oxygens (including phenoxy) is 2. The lowest BCUT2D eigenvalue weighted by atomic mass is 9.96. The van der Waals surface area contributed by atoms with Gasteiger partial charge >= 0.3 is 0 Å². The van der Waals surface area contributed by atoms with E-state index >= 15 is 0 Å². The van der Waals surface area contributed by atoms with Crippen LogP contribution in [0.1, 0.15) is 24.4 Å². The van der Waals surface area contributed by atoms with E-state index in [0.717, 1.165) is 24.3 Å². The maximum Gasteiger partial charge on any atom is 0.161 e. The van der Waals surface area contributed by atoms with Gasteiger partial charge in [-0.2, -0.15) is 0 Å². The van der Waals surface area contributed by atoms with Gasteiger partial charge in [0.05, 0.1) is 20.3 Å². The van der Waals surface area contributed by atoms with Crippen molar-refractivity contribution in [3.63, 3.8) is 0 Å². The second-order valence-electron chi connectivity index (χ2n) is 5.21. The smallest absolute Gasteiger partial charge is 0.161 e. The molecular formula is C14H22N2O2. The van der Waals surface area contributed by atoms with Crippen LogP contribution in [0.5, 0.6) is 11.5 Å². The topological polar surface area (TPSA) is 47.7 Å². The molecule has 2 N–H and O–H groups in total. The molecule has 1 aliphatic carbocycles. The van der Waals surface area contributed by atoms with Crippen molar-refractivity contribution in [3.05, 3.63) is 23.8 Å². The van der Waals surface area contributed by atoms with Crippen LogP contribution in [0.25, 0.3) is 0 Å². The van der Waals surface area contributed by atoms with Gasteiger partial charge in [-0.3, -0.25) is 0 Å². The van der Waals surface area contributed by atoms with Crippen molar-refractivity contribution in [2.24, 2.45) is 5.73 Å². The van der Waals surface area contributed by atoms with Gasteiger partial charge in [-0.15, -0.1) is 0 Å². The molecule has 0 spiro atoms. The Balaban J connectivity index is 2.36. The summed E-state index contributed by atoms with van der Waals surface area (Å²) in [6.45, 7) is 0. The molecule has 4 nitrogen and oxygen atoms in total. The molecule has 1 aromatic carbocycles. The number of nitrogens with two attached hydrogens (primary N) is 1. The van der Waals surface area contributed by atoms with E-state index < -0.39 is 0 Å². The first kappa shape index (κ1) is 13.2. The van der Waals surface area contributed by atoms with Crippen LogP contribution in [0, 0.1) is 0 Å². The first-order chi connectivity index (χ1) is 8.51. The fraction of sp³-hybridized carbons (Fsp3) is 0.571. The molecule has 4 heteroatoms. The van der Waals surface area contributed by atoms with Gasteiger partial charge in [-0.05, 0) is 44.6 Å². The molecule has 1 unspecified atom stereocenters. The maximum absolute atomic E-state index is 6.37. The minimum atomic E-state index is -0.0941. The van der Waals surface area contributed by atoms with Crippen molar-refractivity contribution in [1.29, 1.82) is 0 Å². The third-order valence-corrected chi connectivity index (χ3v) is 3.61. The Morgan fingerprint density at radius 3 is 2.22 bits per heavy atom. The summed E-state index contributed by atoms with van der Waals surface area (Å²) < 4.78 is 10.6. The second-order valence-corrected chi connectivity index (χ2v) is 5.21. The van der Waals surface area contributed by atoms with Crippen LogP contribution in [0.3, 0.4) is 0 Å². The van der Waals surface area contributed by atoms with Crippen LogP contribution in [0.4, 0.5) is 0 Å². The van der Waals surface area contributed by atoms with Crippen LogP contribution in [-0.2, 0) is 0 Å². The fourth-order valence-corrected chi connectivity index (χ4v) is 2.58. The molecule has 1 atom stereocenters. The van der Waals surface area contributed by atoms with Gasteiger partial charge in [0.15, 0.2) is 11.5 Å². The van der Waals surface area contributed by atoms with E-state index in [1.807, 2.05) is 12.1 Å². The lowest BCUT2D eigenvalue weighted by Crippen LogP contribution is -2.39. The van der Waals surface area contributed by atoms with E-state index in [1.54, 1.807) is 14.2 Å². The number of hydrogen-bond acceptors (Lipinski definition) is 4. The number of hydrogen-bond donors (Lipinski definition) is 1. The Labute approximate surface area is 109 Å². The molecule has 0 amide bonds. The van der Waals surface area contributed by atoms with Gasteiger partial charge < -0.3 is 20.1 Å². The molecular weight excluding hydrogens is 228 g/mol. The summed E-state index contributed by atoms with van der Waals surface area (Å²) >= 11 is 0. The number of benzene rings is 1. The van der Waals surface area contributed by atoms with Crippen molar-refractivity contribution in [2.45, 2.75) is 24.4 Å². The van der Waals surface area contributed by atoms with Crippen molar-refractivity contribution >= 4 is 0 Å². The Kier molecular flexibility index (Phi) is 3.50. The lowest BCUT2D eigenvalue weighted by molar-refractivity contribution is 0.244. The zero-order chi connectivity index (χ0) is 13.3. The normalized spacial score (nSPS) is 18.6. The Bertz CT molecular complexity index is 428. The third kappa shape index (κ3) is 2.31. The monoisotopic (exact) mass is 250 g/mol. The quantitative estimate of drug-likeness (QED) is 0.865. The highest BCUT2D eigenvalue weighted by Crippen LogP contribution is 2.47. The highest BCUT2D eigenvalue weighted by Gasteiger charge is 2.47. The summed E-state index contributed by atoms with van der Waals surface area (Å²) in [6.07, 6.45) is 2.15. The van der Waals surface area contributed by atoms with Gasteiger partial charge in [0.25, 0.3) is 0 Å². The SMILES string of the molecule is COc1ccc(C(N(C)C)C2(N)CC2)cc1OC. The summed E-state index contributed by atoms with van der Waals surface area (Å²) in [4.78, 5) is 2.17. The number of nitrogens with zero attached hydrogens (tertiary/aromatic N) is 1. The van der Waals surface area contributed by atoms with Crippen LogP contribution in [0.2, 0.25) is 0 Å². The third-order valence-electron chi connectivity index (χ3n) is 3.61. The average molecular weight is 250 g/mol. The molecule has 0 heterocycles. The summed E-state index contributed by atoms with van der Waals surface area (Å²) in [7, 11) is 7.43. The fourth-order valence-electron chi connectivity index (χ4n) is 2.58.